The molecule has 0 atom stereocenters. The highest BCUT2D eigenvalue weighted by molar-refractivity contribution is 5.76. The Morgan fingerprint density at radius 3 is 3.00 bits per heavy atom. The summed E-state index contributed by atoms with van der Waals surface area (Å²) in [5.74, 6) is 0. The molecule has 2 aromatic rings. The van der Waals surface area contributed by atoms with Crippen LogP contribution in [-0.4, -0.2) is 15.2 Å². The van der Waals surface area contributed by atoms with E-state index in [9.17, 15) is 0 Å². The Hall–Kier alpha value is -1.38. The van der Waals surface area contributed by atoms with Crippen molar-refractivity contribution < 1.29 is 0 Å². The molecular formula is C8H9N3. The van der Waals surface area contributed by atoms with Crippen molar-refractivity contribution in [3.63, 3.8) is 0 Å². The molecule has 56 valence electrons. The number of hydrogen-bond donors (Lipinski definition) is 1. The molecule has 0 radical (unpaired) electrons. The highest BCUT2D eigenvalue weighted by Crippen LogP contribution is 2.13. The maximum Gasteiger partial charge on any atom is 0.109 e. The number of fused-ring (bicyclic) bond motifs is 1. The molecule has 0 aliphatic rings. The van der Waals surface area contributed by atoms with Gasteiger partial charge in [0, 0.05) is 5.69 Å². The predicted octanol–water partition coefficient (Wildman–Crippen LogP) is 1.57. The zero-order chi connectivity index (χ0) is 7.84. The monoisotopic (exact) mass is 147 g/mol. The maximum absolute atomic E-state index is 4.30. The first-order valence-electron chi connectivity index (χ1n) is 3.55. The molecule has 0 aromatic carbocycles. The van der Waals surface area contributed by atoms with Crippen LogP contribution in [0.4, 0.5) is 0 Å². The van der Waals surface area contributed by atoms with Crippen molar-refractivity contribution >= 4 is 11.0 Å². The minimum absolute atomic E-state index is 0.947. The lowest BCUT2D eigenvalue weighted by atomic mass is 10.2. The molecule has 0 amide bonds. The third-order valence-corrected chi connectivity index (χ3v) is 1.74. The fourth-order valence-corrected chi connectivity index (χ4v) is 1.26. The Morgan fingerprint density at radius 2 is 2.18 bits per heavy atom. The summed E-state index contributed by atoms with van der Waals surface area (Å²) in [6.45, 7) is 4.04. The van der Waals surface area contributed by atoms with Crippen LogP contribution in [0.15, 0.2) is 12.3 Å². The molecule has 0 saturated carbocycles. The van der Waals surface area contributed by atoms with Crippen molar-refractivity contribution in [2.75, 3.05) is 0 Å². The second-order valence-electron chi connectivity index (χ2n) is 2.71. The van der Waals surface area contributed by atoms with Gasteiger partial charge in [-0.25, -0.2) is 4.98 Å². The minimum Gasteiger partial charge on any atom is -0.276 e. The summed E-state index contributed by atoms with van der Waals surface area (Å²) in [6.07, 6.45) is 1.75. The normalized spacial score (nSPS) is 10.7. The van der Waals surface area contributed by atoms with Crippen molar-refractivity contribution in [3.05, 3.63) is 23.5 Å². The number of nitrogens with zero attached hydrogens (tertiary/aromatic N) is 2. The SMILES string of the molecule is Cc1cc(C)c2[nH]ncc2n1. The molecule has 11 heavy (non-hydrogen) atoms. The van der Waals surface area contributed by atoms with E-state index in [-0.39, 0.29) is 0 Å². The molecule has 0 spiro atoms. The fraction of sp³-hybridized carbons (Fsp3) is 0.250. The molecule has 0 fully saturated rings. The lowest BCUT2D eigenvalue weighted by molar-refractivity contribution is 1.11. The van der Waals surface area contributed by atoms with Gasteiger partial charge in [0.25, 0.3) is 0 Å². The molecule has 3 heteroatoms. The second-order valence-corrected chi connectivity index (χ2v) is 2.71. The van der Waals surface area contributed by atoms with Crippen molar-refractivity contribution in [1.82, 2.24) is 15.2 Å². The molecule has 0 bridgehead atoms. The smallest absolute Gasteiger partial charge is 0.109 e. The van der Waals surface area contributed by atoms with Crippen LogP contribution >= 0.6 is 0 Å². The van der Waals surface area contributed by atoms with Crippen LogP contribution in [0.3, 0.4) is 0 Å². The van der Waals surface area contributed by atoms with Gasteiger partial charge in [0.2, 0.25) is 0 Å². The second kappa shape index (κ2) is 2.05. The standard InChI is InChI=1S/C8H9N3/c1-5-3-6(2)10-7-4-9-11-8(5)7/h3-4H,1-2H3,(H,9,11). The van der Waals surface area contributed by atoms with Crippen molar-refractivity contribution in [2.45, 2.75) is 13.8 Å². The molecule has 2 heterocycles. The first-order chi connectivity index (χ1) is 5.27. The summed E-state index contributed by atoms with van der Waals surface area (Å²) >= 11 is 0. The molecule has 0 aliphatic carbocycles. The van der Waals surface area contributed by atoms with Crippen LogP contribution in [0.5, 0.6) is 0 Å². The Balaban J connectivity index is 2.91. The van der Waals surface area contributed by atoms with Gasteiger partial charge in [0.1, 0.15) is 5.52 Å². The number of rotatable bonds is 0. The number of aromatic amines is 1. The van der Waals surface area contributed by atoms with Crippen LogP contribution in [0, 0.1) is 13.8 Å². The van der Waals surface area contributed by atoms with Gasteiger partial charge >= 0.3 is 0 Å². The molecule has 2 rings (SSSR count). The van der Waals surface area contributed by atoms with E-state index < -0.39 is 0 Å². The van der Waals surface area contributed by atoms with Gasteiger partial charge in [-0.1, -0.05) is 0 Å². The van der Waals surface area contributed by atoms with Gasteiger partial charge in [-0.3, -0.25) is 5.10 Å². The van der Waals surface area contributed by atoms with Crippen LogP contribution in [0.2, 0.25) is 0 Å². The van der Waals surface area contributed by atoms with Crippen LogP contribution in [0.25, 0.3) is 11.0 Å². The van der Waals surface area contributed by atoms with E-state index in [0.717, 1.165) is 16.7 Å². The lowest BCUT2D eigenvalue weighted by Crippen LogP contribution is -1.84. The molecule has 1 N–H and O–H groups in total. The molecule has 2 aromatic heterocycles. The summed E-state index contributed by atoms with van der Waals surface area (Å²) in [4.78, 5) is 4.30. The van der Waals surface area contributed by atoms with Crippen molar-refractivity contribution in [2.24, 2.45) is 0 Å². The summed E-state index contributed by atoms with van der Waals surface area (Å²) in [6, 6.07) is 2.04. The van der Waals surface area contributed by atoms with Gasteiger partial charge in [-0.2, -0.15) is 5.10 Å². The summed E-state index contributed by atoms with van der Waals surface area (Å²) in [5, 5.41) is 6.82. The predicted molar refractivity (Wildman–Crippen MR) is 43.4 cm³/mol. The summed E-state index contributed by atoms with van der Waals surface area (Å²) in [5.41, 5.74) is 4.22. The third kappa shape index (κ3) is 0.888. The number of H-pyrrole nitrogens is 1. The van der Waals surface area contributed by atoms with E-state index in [1.165, 1.54) is 5.56 Å². The molecule has 0 aliphatic heterocycles. The van der Waals surface area contributed by atoms with Gasteiger partial charge in [-0.15, -0.1) is 0 Å². The van der Waals surface area contributed by atoms with Crippen molar-refractivity contribution in [1.29, 1.82) is 0 Å². The average Bonchev–Trinajstić information content (AvgIpc) is 2.34. The molecule has 3 nitrogen and oxygen atoms in total. The molecule has 0 unspecified atom stereocenters. The highest BCUT2D eigenvalue weighted by atomic mass is 15.1. The molecular weight excluding hydrogens is 138 g/mol. The first kappa shape index (κ1) is 6.34. The average molecular weight is 147 g/mol. The Morgan fingerprint density at radius 1 is 1.36 bits per heavy atom. The Kier molecular flexibility index (Phi) is 1.18. The zero-order valence-corrected chi connectivity index (χ0v) is 6.55. The van der Waals surface area contributed by atoms with E-state index in [0.29, 0.717) is 0 Å². The first-order valence-corrected chi connectivity index (χ1v) is 3.55. The zero-order valence-electron chi connectivity index (χ0n) is 6.55. The fourth-order valence-electron chi connectivity index (χ4n) is 1.26. The van der Waals surface area contributed by atoms with Crippen LogP contribution in [0.1, 0.15) is 11.3 Å². The van der Waals surface area contributed by atoms with Gasteiger partial charge < -0.3 is 0 Å². The Labute approximate surface area is 64.5 Å². The van der Waals surface area contributed by atoms with Crippen molar-refractivity contribution in [3.8, 4) is 0 Å². The Bertz CT molecular complexity index is 389. The van der Waals surface area contributed by atoms with Crippen LogP contribution in [-0.2, 0) is 0 Å². The summed E-state index contributed by atoms with van der Waals surface area (Å²) < 4.78 is 0. The summed E-state index contributed by atoms with van der Waals surface area (Å²) in [7, 11) is 0. The minimum atomic E-state index is 0.947. The van der Waals surface area contributed by atoms with Gasteiger partial charge in [0.05, 0.1) is 11.7 Å². The number of pyridine rings is 1. The number of hydrogen-bond acceptors (Lipinski definition) is 2. The number of aryl methyl sites for hydroxylation is 2. The van der Waals surface area contributed by atoms with Crippen LogP contribution < -0.4 is 0 Å². The highest BCUT2D eigenvalue weighted by Gasteiger charge is 2.00. The van der Waals surface area contributed by atoms with Gasteiger partial charge in [0.15, 0.2) is 0 Å². The lowest BCUT2D eigenvalue weighted by Gasteiger charge is -1.95. The van der Waals surface area contributed by atoms with E-state index in [4.69, 9.17) is 0 Å². The number of nitrogens with one attached hydrogen (secondary N) is 1. The van der Waals surface area contributed by atoms with E-state index >= 15 is 0 Å². The largest absolute Gasteiger partial charge is 0.276 e. The maximum atomic E-state index is 4.30. The van der Waals surface area contributed by atoms with Gasteiger partial charge in [-0.05, 0) is 25.5 Å². The van der Waals surface area contributed by atoms with E-state index in [2.05, 4.69) is 22.1 Å². The topological polar surface area (TPSA) is 41.6 Å². The number of aromatic nitrogens is 3. The quantitative estimate of drug-likeness (QED) is 0.614. The molecule has 0 saturated heterocycles. The van der Waals surface area contributed by atoms with E-state index in [1.54, 1.807) is 6.20 Å². The third-order valence-electron chi connectivity index (χ3n) is 1.74. The van der Waals surface area contributed by atoms with E-state index in [1.807, 2.05) is 13.0 Å².